The predicted molar refractivity (Wildman–Crippen MR) is 84.6 cm³/mol. The average molecular weight is 282 g/mol. The molecule has 1 atom stereocenters. The van der Waals surface area contributed by atoms with Crippen LogP contribution < -0.4 is 4.74 Å². The van der Waals surface area contributed by atoms with Gasteiger partial charge in [0.15, 0.2) is 0 Å². The Bertz CT molecular complexity index is 566. The molecule has 0 bridgehead atoms. The fourth-order valence-corrected chi connectivity index (χ4v) is 3.02. The van der Waals surface area contributed by atoms with Gasteiger partial charge in [0.05, 0.1) is 0 Å². The van der Waals surface area contributed by atoms with Gasteiger partial charge in [-0.2, -0.15) is 0 Å². The molecule has 0 N–H and O–H groups in total. The average Bonchev–Trinajstić information content (AvgIpc) is 2.99. The molecular weight excluding hydrogens is 260 g/mol. The molecule has 1 aliphatic rings. The van der Waals surface area contributed by atoms with Crippen LogP contribution in [0.3, 0.4) is 0 Å². The molecular formula is C18H22N2O. The van der Waals surface area contributed by atoms with E-state index in [1.54, 1.807) is 0 Å². The van der Waals surface area contributed by atoms with Crippen molar-refractivity contribution in [2.75, 3.05) is 6.54 Å². The highest BCUT2D eigenvalue weighted by atomic mass is 16.5. The molecule has 0 amide bonds. The lowest BCUT2D eigenvalue weighted by atomic mass is 10.1. The Labute approximate surface area is 126 Å². The van der Waals surface area contributed by atoms with Crippen LogP contribution in [0.25, 0.3) is 0 Å². The van der Waals surface area contributed by atoms with Gasteiger partial charge in [-0.15, -0.1) is 0 Å². The third kappa shape index (κ3) is 3.24. The maximum atomic E-state index is 5.75. The van der Waals surface area contributed by atoms with Crippen LogP contribution in [-0.2, 0) is 0 Å². The van der Waals surface area contributed by atoms with E-state index in [4.69, 9.17) is 4.74 Å². The van der Waals surface area contributed by atoms with Crippen LogP contribution in [0.4, 0.5) is 0 Å². The fourth-order valence-electron chi connectivity index (χ4n) is 3.02. The van der Waals surface area contributed by atoms with Crippen molar-refractivity contribution < 1.29 is 4.74 Å². The summed E-state index contributed by atoms with van der Waals surface area (Å²) in [6.45, 7) is 5.71. The molecule has 1 saturated heterocycles. The molecule has 1 aromatic carbocycles. The number of pyridine rings is 1. The van der Waals surface area contributed by atoms with Crippen molar-refractivity contribution in [2.24, 2.45) is 0 Å². The van der Waals surface area contributed by atoms with Gasteiger partial charge in [-0.3, -0.25) is 4.90 Å². The van der Waals surface area contributed by atoms with Gasteiger partial charge in [0.2, 0.25) is 5.88 Å². The van der Waals surface area contributed by atoms with Crippen LogP contribution >= 0.6 is 0 Å². The molecule has 0 saturated carbocycles. The zero-order valence-electron chi connectivity index (χ0n) is 12.7. The van der Waals surface area contributed by atoms with Crippen LogP contribution in [0.2, 0.25) is 0 Å². The normalized spacial score (nSPS) is 19.1. The number of rotatable bonds is 4. The topological polar surface area (TPSA) is 25.4 Å². The van der Waals surface area contributed by atoms with Gasteiger partial charge in [0.25, 0.3) is 0 Å². The van der Waals surface area contributed by atoms with Crippen LogP contribution in [-0.4, -0.2) is 22.5 Å². The minimum atomic E-state index is 0.503. The molecule has 0 unspecified atom stereocenters. The molecule has 1 aromatic heterocycles. The Morgan fingerprint density at radius 1 is 1.14 bits per heavy atom. The molecule has 3 heteroatoms. The van der Waals surface area contributed by atoms with Crippen molar-refractivity contribution in [2.45, 2.75) is 38.8 Å². The van der Waals surface area contributed by atoms with Crippen LogP contribution in [0.1, 0.15) is 38.3 Å². The summed E-state index contributed by atoms with van der Waals surface area (Å²) < 4.78 is 5.75. The Balaban J connectivity index is 1.72. The van der Waals surface area contributed by atoms with Crippen molar-refractivity contribution in [3.05, 3.63) is 54.2 Å². The van der Waals surface area contributed by atoms with E-state index in [9.17, 15) is 0 Å². The highest BCUT2D eigenvalue weighted by Crippen LogP contribution is 2.33. The van der Waals surface area contributed by atoms with Gasteiger partial charge in [-0.05, 0) is 50.9 Å². The molecule has 3 nitrogen and oxygen atoms in total. The predicted octanol–water partition coefficient (Wildman–Crippen LogP) is 4.42. The first-order valence-electron chi connectivity index (χ1n) is 7.68. The van der Waals surface area contributed by atoms with Gasteiger partial charge in [0.1, 0.15) is 5.75 Å². The molecule has 0 radical (unpaired) electrons. The first-order chi connectivity index (χ1) is 10.2. The van der Waals surface area contributed by atoms with Gasteiger partial charge in [-0.25, -0.2) is 4.98 Å². The number of hydrogen-bond acceptors (Lipinski definition) is 3. The largest absolute Gasteiger partial charge is 0.439 e. The van der Waals surface area contributed by atoms with Gasteiger partial charge >= 0.3 is 0 Å². The Morgan fingerprint density at radius 2 is 1.95 bits per heavy atom. The van der Waals surface area contributed by atoms with Crippen LogP contribution in [0, 0.1) is 0 Å². The first kappa shape index (κ1) is 14.1. The maximum Gasteiger partial charge on any atom is 0.219 e. The third-order valence-corrected chi connectivity index (χ3v) is 4.07. The Morgan fingerprint density at radius 3 is 2.62 bits per heavy atom. The number of hydrogen-bond donors (Lipinski definition) is 0. The van der Waals surface area contributed by atoms with E-state index >= 15 is 0 Å². The number of nitrogens with zero attached hydrogens (tertiary/aromatic N) is 2. The standard InChI is InChI=1S/C18H22N2O/c1-14(2)20-12-6-9-17(20)15-10-11-18(19-13-15)21-16-7-4-3-5-8-16/h3-5,7-8,10-11,13-14,17H,6,9,12H2,1-2H3/t17-/m0/s1. The summed E-state index contributed by atoms with van der Waals surface area (Å²) in [6.07, 6.45) is 4.45. The van der Waals surface area contributed by atoms with Gasteiger partial charge in [0, 0.05) is 24.3 Å². The van der Waals surface area contributed by atoms with Crippen molar-refractivity contribution in [3.8, 4) is 11.6 Å². The minimum Gasteiger partial charge on any atom is -0.439 e. The summed E-state index contributed by atoms with van der Waals surface area (Å²) in [5.41, 5.74) is 1.29. The van der Waals surface area contributed by atoms with Crippen LogP contribution in [0.5, 0.6) is 11.6 Å². The second-order valence-electron chi connectivity index (χ2n) is 5.83. The SMILES string of the molecule is CC(C)N1CCC[C@H]1c1ccc(Oc2ccccc2)nc1. The summed E-state index contributed by atoms with van der Waals surface area (Å²) in [5.74, 6) is 1.47. The Hall–Kier alpha value is -1.87. The number of ether oxygens (including phenoxy) is 1. The zero-order chi connectivity index (χ0) is 14.7. The molecule has 1 aliphatic heterocycles. The molecule has 2 aromatic rings. The second-order valence-corrected chi connectivity index (χ2v) is 5.83. The fraction of sp³-hybridized carbons (Fsp3) is 0.389. The summed E-state index contributed by atoms with van der Waals surface area (Å²) in [6, 6.07) is 15.0. The molecule has 1 fully saturated rings. The zero-order valence-corrected chi connectivity index (χ0v) is 12.7. The van der Waals surface area contributed by atoms with Crippen molar-refractivity contribution in [1.82, 2.24) is 9.88 Å². The quantitative estimate of drug-likeness (QED) is 0.830. The molecule has 21 heavy (non-hydrogen) atoms. The first-order valence-corrected chi connectivity index (χ1v) is 7.68. The van der Waals surface area contributed by atoms with Gasteiger partial charge in [-0.1, -0.05) is 24.3 Å². The molecule has 3 rings (SSSR count). The van der Waals surface area contributed by atoms with Crippen LogP contribution in [0.15, 0.2) is 48.7 Å². The number of aromatic nitrogens is 1. The number of para-hydroxylation sites is 1. The highest BCUT2D eigenvalue weighted by Gasteiger charge is 2.27. The third-order valence-electron chi connectivity index (χ3n) is 4.07. The minimum absolute atomic E-state index is 0.503. The van der Waals surface area contributed by atoms with Gasteiger partial charge < -0.3 is 4.74 Å². The van der Waals surface area contributed by atoms with Crippen molar-refractivity contribution >= 4 is 0 Å². The summed E-state index contributed by atoms with van der Waals surface area (Å²) in [7, 11) is 0. The highest BCUT2D eigenvalue weighted by molar-refractivity contribution is 5.28. The lowest BCUT2D eigenvalue weighted by Gasteiger charge is -2.28. The lowest BCUT2D eigenvalue weighted by Crippen LogP contribution is -2.30. The molecule has 2 heterocycles. The smallest absolute Gasteiger partial charge is 0.219 e. The summed E-state index contributed by atoms with van der Waals surface area (Å²) in [5, 5.41) is 0. The van der Waals surface area contributed by atoms with E-state index in [1.807, 2.05) is 42.6 Å². The van der Waals surface area contributed by atoms with E-state index in [2.05, 4.69) is 29.8 Å². The lowest BCUT2D eigenvalue weighted by molar-refractivity contribution is 0.205. The second kappa shape index (κ2) is 6.27. The van der Waals surface area contributed by atoms with E-state index in [0.717, 1.165) is 5.75 Å². The Kier molecular flexibility index (Phi) is 4.20. The monoisotopic (exact) mass is 282 g/mol. The summed E-state index contributed by atoms with van der Waals surface area (Å²) in [4.78, 5) is 7.01. The molecule has 0 spiro atoms. The molecule has 0 aliphatic carbocycles. The van der Waals surface area contributed by atoms with E-state index < -0.39 is 0 Å². The van der Waals surface area contributed by atoms with E-state index in [0.29, 0.717) is 18.0 Å². The maximum absolute atomic E-state index is 5.75. The van der Waals surface area contributed by atoms with Crippen molar-refractivity contribution in [1.29, 1.82) is 0 Å². The van der Waals surface area contributed by atoms with E-state index in [-0.39, 0.29) is 0 Å². The summed E-state index contributed by atoms with van der Waals surface area (Å²) >= 11 is 0. The number of benzene rings is 1. The van der Waals surface area contributed by atoms with Crippen molar-refractivity contribution in [3.63, 3.8) is 0 Å². The molecule has 110 valence electrons. The number of likely N-dealkylation sites (tertiary alicyclic amines) is 1. The van der Waals surface area contributed by atoms with E-state index in [1.165, 1.54) is 24.9 Å².